The molecule has 0 bridgehead atoms. The monoisotopic (exact) mass is 362 g/mol. The van der Waals surface area contributed by atoms with Gasteiger partial charge in [0.2, 0.25) is 5.91 Å². The second-order valence-corrected chi connectivity index (χ2v) is 6.05. The van der Waals surface area contributed by atoms with E-state index in [0.717, 1.165) is 21.3 Å². The Morgan fingerprint density at radius 3 is 2.76 bits per heavy atom. The van der Waals surface area contributed by atoms with E-state index >= 15 is 0 Å². The van der Waals surface area contributed by atoms with Crippen LogP contribution >= 0.6 is 27.7 Å². The zero-order chi connectivity index (χ0) is 14.7. The molecule has 1 heterocycles. The molecule has 0 spiro atoms. The number of fused-ring (bicyclic) bond motifs is 1. The van der Waals surface area contributed by atoms with E-state index in [4.69, 9.17) is 4.42 Å². The fraction of sp³-hybridized carbons (Fsp3) is 0.0667. The molecule has 6 heteroatoms. The highest BCUT2D eigenvalue weighted by molar-refractivity contribution is 9.10. The van der Waals surface area contributed by atoms with Crippen molar-refractivity contribution in [2.75, 3.05) is 11.1 Å². The molecule has 1 aromatic heterocycles. The number of oxazole rings is 1. The van der Waals surface area contributed by atoms with Crippen molar-refractivity contribution >= 4 is 50.4 Å². The molecule has 0 aliphatic rings. The number of para-hydroxylation sites is 3. The van der Waals surface area contributed by atoms with Gasteiger partial charge in [-0.3, -0.25) is 4.79 Å². The summed E-state index contributed by atoms with van der Waals surface area (Å²) in [6, 6.07) is 15.0. The van der Waals surface area contributed by atoms with Gasteiger partial charge in [0.15, 0.2) is 5.58 Å². The number of amides is 1. The molecule has 106 valence electrons. The van der Waals surface area contributed by atoms with Crippen LogP contribution in [-0.2, 0) is 4.79 Å². The lowest BCUT2D eigenvalue weighted by molar-refractivity contribution is -0.113. The standard InChI is InChI=1S/C15H11BrN2O2S/c16-10-5-1-2-6-11(10)17-14(19)9-21-15-18-12-7-3-4-8-13(12)20-15/h1-8H,9H2,(H,17,19). The van der Waals surface area contributed by atoms with E-state index in [1.807, 2.05) is 48.5 Å². The number of carbonyl (C=O) groups excluding carboxylic acids is 1. The number of benzene rings is 2. The summed E-state index contributed by atoms with van der Waals surface area (Å²) in [5.41, 5.74) is 2.28. The predicted molar refractivity (Wildman–Crippen MR) is 87.5 cm³/mol. The maximum Gasteiger partial charge on any atom is 0.257 e. The molecule has 4 nitrogen and oxygen atoms in total. The molecule has 2 aromatic carbocycles. The fourth-order valence-corrected chi connectivity index (χ4v) is 2.81. The van der Waals surface area contributed by atoms with Crippen molar-refractivity contribution < 1.29 is 9.21 Å². The van der Waals surface area contributed by atoms with Gasteiger partial charge < -0.3 is 9.73 Å². The van der Waals surface area contributed by atoms with Gasteiger partial charge in [0, 0.05) is 4.47 Å². The smallest absolute Gasteiger partial charge is 0.257 e. The SMILES string of the molecule is O=C(CSc1nc2ccccc2o1)Nc1ccccc1Br. The Bertz CT molecular complexity index is 755. The number of thioether (sulfide) groups is 1. The van der Waals surface area contributed by atoms with Gasteiger partial charge in [0.05, 0.1) is 11.4 Å². The summed E-state index contributed by atoms with van der Waals surface area (Å²) < 4.78 is 6.41. The third-order valence-corrected chi connectivity index (χ3v) is 4.27. The molecule has 0 fully saturated rings. The molecule has 3 rings (SSSR count). The highest BCUT2D eigenvalue weighted by Gasteiger charge is 2.10. The average Bonchev–Trinajstić information content (AvgIpc) is 2.90. The van der Waals surface area contributed by atoms with Gasteiger partial charge in [-0.2, -0.15) is 0 Å². The van der Waals surface area contributed by atoms with Crippen LogP contribution in [0.15, 0.2) is 62.6 Å². The van der Waals surface area contributed by atoms with Gasteiger partial charge in [-0.15, -0.1) is 0 Å². The number of carbonyl (C=O) groups is 1. The summed E-state index contributed by atoms with van der Waals surface area (Å²) in [5, 5.41) is 3.34. The molecule has 0 aliphatic carbocycles. The highest BCUT2D eigenvalue weighted by Crippen LogP contribution is 2.24. The van der Waals surface area contributed by atoms with E-state index in [-0.39, 0.29) is 11.7 Å². The molecule has 0 radical (unpaired) electrons. The van der Waals surface area contributed by atoms with E-state index in [9.17, 15) is 4.79 Å². The maximum absolute atomic E-state index is 11.9. The molecule has 1 N–H and O–H groups in total. The van der Waals surface area contributed by atoms with Gasteiger partial charge >= 0.3 is 0 Å². The van der Waals surface area contributed by atoms with Crippen LogP contribution in [0.5, 0.6) is 0 Å². The molecule has 3 aromatic rings. The fourth-order valence-electron chi connectivity index (χ4n) is 1.79. The molecule has 0 saturated carbocycles. The summed E-state index contributed by atoms with van der Waals surface area (Å²) in [6.45, 7) is 0. The first-order chi connectivity index (χ1) is 10.2. The van der Waals surface area contributed by atoms with Crippen molar-refractivity contribution in [1.29, 1.82) is 0 Å². The Kier molecular flexibility index (Phi) is 4.26. The van der Waals surface area contributed by atoms with Crippen molar-refractivity contribution in [3.63, 3.8) is 0 Å². The second kappa shape index (κ2) is 6.32. The largest absolute Gasteiger partial charge is 0.431 e. The highest BCUT2D eigenvalue weighted by atomic mass is 79.9. The number of nitrogens with zero attached hydrogens (tertiary/aromatic N) is 1. The zero-order valence-electron chi connectivity index (χ0n) is 10.9. The Balaban J connectivity index is 1.62. The number of rotatable bonds is 4. The second-order valence-electron chi connectivity index (χ2n) is 4.26. The predicted octanol–water partition coefficient (Wildman–Crippen LogP) is 4.32. The Morgan fingerprint density at radius 1 is 1.19 bits per heavy atom. The zero-order valence-corrected chi connectivity index (χ0v) is 13.3. The minimum Gasteiger partial charge on any atom is -0.431 e. The third-order valence-electron chi connectivity index (χ3n) is 2.75. The number of anilines is 1. The normalized spacial score (nSPS) is 10.7. The number of nitrogens with one attached hydrogen (secondary N) is 1. The van der Waals surface area contributed by atoms with E-state index in [1.54, 1.807) is 0 Å². The average molecular weight is 363 g/mol. The molecule has 0 unspecified atom stereocenters. The Morgan fingerprint density at radius 2 is 1.95 bits per heavy atom. The Labute approximate surface area is 134 Å². The number of hydrogen-bond donors (Lipinski definition) is 1. The van der Waals surface area contributed by atoms with Crippen LogP contribution in [0.1, 0.15) is 0 Å². The molecular weight excluding hydrogens is 352 g/mol. The maximum atomic E-state index is 11.9. The molecular formula is C15H11BrN2O2S. The summed E-state index contributed by atoms with van der Waals surface area (Å²) in [5.74, 6) is 0.142. The first kappa shape index (κ1) is 14.2. The third kappa shape index (κ3) is 3.46. The lowest BCUT2D eigenvalue weighted by Gasteiger charge is -2.05. The van der Waals surface area contributed by atoms with Gasteiger partial charge in [-0.1, -0.05) is 36.0 Å². The van der Waals surface area contributed by atoms with Crippen molar-refractivity contribution in [2.24, 2.45) is 0 Å². The molecule has 1 amide bonds. The minimum absolute atomic E-state index is 0.103. The van der Waals surface area contributed by atoms with E-state index in [2.05, 4.69) is 26.2 Å². The van der Waals surface area contributed by atoms with Crippen LogP contribution in [0.3, 0.4) is 0 Å². The van der Waals surface area contributed by atoms with Gasteiger partial charge in [0.25, 0.3) is 5.22 Å². The van der Waals surface area contributed by atoms with Crippen molar-refractivity contribution in [2.45, 2.75) is 5.22 Å². The number of hydrogen-bond acceptors (Lipinski definition) is 4. The molecule has 0 saturated heterocycles. The number of aromatic nitrogens is 1. The van der Waals surface area contributed by atoms with Crippen molar-refractivity contribution in [3.05, 3.63) is 53.0 Å². The van der Waals surface area contributed by atoms with Crippen molar-refractivity contribution in [1.82, 2.24) is 4.98 Å². The van der Waals surface area contributed by atoms with Crippen molar-refractivity contribution in [3.8, 4) is 0 Å². The topological polar surface area (TPSA) is 55.1 Å². The quantitative estimate of drug-likeness (QED) is 0.702. The van der Waals surface area contributed by atoms with E-state index < -0.39 is 0 Å². The summed E-state index contributed by atoms with van der Waals surface area (Å²) in [4.78, 5) is 16.2. The Hall–Kier alpha value is -1.79. The molecule has 21 heavy (non-hydrogen) atoms. The van der Waals surface area contributed by atoms with Crippen LogP contribution in [0, 0.1) is 0 Å². The molecule has 0 atom stereocenters. The first-order valence-corrected chi connectivity index (χ1v) is 8.03. The van der Waals surface area contributed by atoms with Crippen LogP contribution in [0.25, 0.3) is 11.1 Å². The van der Waals surface area contributed by atoms with E-state index in [0.29, 0.717) is 5.22 Å². The minimum atomic E-state index is -0.103. The summed E-state index contributed by atoms with van der Waals surface area (Å²) in [7, 11) is 0. The van der Waals surface area contributed by atoms with Gasteiger partial charge in [-0.05, 0) is 40.2 Å². The van der Waals surface area contributed by atoms with Crippen LogP contribution < -0.4 is 5.32 Å². The van der Waals surface area contributed by atoms with Gasteiger partial charge in [-0.25, -0.2) is 4.98 Å². The number of halogens is 1. The lowest BCUT2D eigenvalue weighted by Crippen LogP contribution is -2.14. The van der Waals surface area contributed by atoms with Gasteiger partial charge in [0.1, 0.15) is 5.52 Å². The van der Waals surface area contributed by atoms with Crippen LogP contribution in [0.4, 0.5) is 5.69 Å². The van der Waals surface area contributed by atoms with Crippen LogP contribution in [-0.4, -0.2) is 16.6 Å². The summed E-state index contributed by atoms with van der Waals surface area (Å²) in [6.07, 6.45) is 0. The summed E-state index contributed by atoms with van der Waals surface area (Å²) >= 11 is 4.67. The van der Waals surface area contributed by atoms with Crippen LogP contribution in [0.2, 0.25) is 0 Å². The van der Waals surface area contributed by atoms with E-state index in [1.165, 1.54) is 11.8 Å². The molecule has 0 aliphatic heterocycles. The first-order valence-electron chi connectivity index (χ1n) is 6.25. The lowest BCUT2D eigenvalue weighted by atomic mass is 10.3.